The second-order valence-corrected chi connectivity index (χ2v) is 4.83. The van der Waals surface area contributed by atoms with E-state index in [-0.39, 0.29) is 5.91 Å². The van der Waals surface area contributed by atoms with Crippen LogP contribution in [0.1, 0.15) is 17.5 Å². The van der Waals surface area contributed by atoms with Crippen LogP contribution in [0.5, 0.6) is 0 Å². The van der Waals surface area contributed by atoms with Crippen molar-refractivity contribution in [1.29, 1.82) is 0 Å². The standard InChI is InChI=1S/C15H16N4O/c1-19-13(20)8-7-12-10-17-15(18-14(12)19)16-9-11-5-3-2-4-6-11/h2-6,10H,7-9H2,1H3,(H,16,17,18). The highest BCUT2D eigenvalue weighted by atomic mass is 16.2. The number of fused-ring (bicyclic) bond motifs is 1. The van der Waals surface area contributed by atoms with Crippen molar-refractivity contribution in [2.45, 2.75) is 19.4 Å². The van der Waals surface area contributed by atoms with E-state index in [0.717, 1.165) is 12.0 Å². The van der Waals surface area contributed by atoms with Gasteiger partial charge in [-0.05, 0) is 12.0 Å². The summed E-state index contributed by atoms with van der Waals surface area (Å²) in [6.45, 7) is 0.664. The predicted octanol–water partition coefficient (Wildman–Crippen LogP) is 2.00. The molecule has 102 valence electrons. The molecule has 0 aliphatic carbocycles. The summed E-state index contributed by atoms with van der Waals surface area (Å²) in [5.41, 5.74) is 2.19. The van der Waals surface area contributed by atoms with Crippen molar-refractivity contribution in [1.82, 2.24) is 9.97 Å². The van der Waals surface area contributed by atoms with E-state index >= 15 is 0 Å². The van der Waals surface area contributed by atoms with Crippen LogP contribution < -0.4 is 10.2 Å². The molecule has 0 saturated carbocycles. The quantitative estimate of drug-likeness (QED) is 0.925. The molecule has 0 atom stereocenters. The average Bonchev–Trinajstić information content (AvgIpc) is 2.50. The largest absolute Gasteiger partial charge is 0.350 e. The molecular weight excluding hydrogens is 252 g/mol. The van der Waals surface area contributed by atoms with Gasteiger partial charge in [-0.15, -0.1) is 0 Å². The lowest BCUT2D eigenvalue weighted by Crippen LogP contribution is -2.32. The molecule has 0 fully saturated rings. The molecule has 0 unspecified atom stereocenters. The molecule has 3 rings (SSSR count). The number of nitrogens with zero attached hydrogens (tertiary/aromatic N) is 3. The molecule has 1 aliphatic heterocycles. The number of anilines is 2. The maximum Gasteiger partial charge on any atom is 0.228 e. The number of aryl methyl sites for hydroxylation is 1. The molecule has 2 aromatic rings. The minimum Gasteiger partial charge on any atom is -0.350 e. The molecule has 1 aromatic carbocycles. The summed E-state index contributed by atoms with van der Waals surface area (Å²) in [7, 11) is 1.76. The molecule has 0 saturated heterocycles. The van der Waals surface area contributed by atoms with Crippen LogP contribution in [0.15, 0.2) is 36.5 Å². The zero-order chi connectivity index (χ0) is 13.9. The zero-order valence-electron chi connectivity index (χ0n) is 11.3. The van der Waals surface area contributed by atoms with Crippen molar-refractivity contribution < 1.29 is 4.79 Å². The zero-order valence-corrected chi connectivity index (χ0v) is 11.3. The molecule has 2 heterocycles. The van der Waals surface area contributed by atoms with Crippen molar-refractivity contribution in [3.8, 4) is 0 Å². The van der Waals surface area contributed by atoms with Gasteiger partial charge in [-0.3, -0.25) is 9.69 Å². The van der Waals surface area contributed by atoms with E-state index in [1.165, 1.54) is 5.56 Å². The Morgan fingerprint density at radius 1 is 1.25 bits per heavy atom. The second kappa shape index (κ2) is 5.28. The van der Waals surface area contributed by atoms with Gasteiger partial charge in [-0.25, -0.2) is 4.98 Å². The Balaban J connectivity index is 1.77. The van der Waals surface area contributed by atoms with Crippen molar-refractivity contribution in [3.63, 3.8) is 0 Å². The molecule has 0 radical (unpaired) electrons. The summed E-state index contributed by atoms with van der Waals surface area (Å²) < 4.78 is 0. The van der Waals surface area contributed by atoms with Gasteiger partial charge in [0.15, 0.2) is 0 Å². The monoisotopic (exact) mass is 268 g/mol. The maximum absolute atomic E-state index is 11.7. The number of hydrogen-bond donors (Lipinski definition) is 1. The highest BCUT2D eigenvalue weighted by Crippen LogP contribution is 2.24. The molecule has 1 amide bonds. The normalized spacial score (nSPS) is 14.1. The molecule has 1 aromatic heterocycles. The second-order valence-electron chi connectivity index (χ2n) is 4.83. The van der Waals surface area contributed by atoms with Crippen LogP contribution in [0, 0.1) is 0 Å². The smallest absolute Gasteiger partial charge is 0.228 e. The number of hydrogen-bond acceptors (Lipinski definition) is 4. The van der Waals surface area contributed by atoms with Crippen molar-refractivity contribution in [2.75, 3.05) is 17.3 Å². The highest BCUT2D eigenvalue weighted by Gasteiger charge is 2.22. The number of aromatic nitrogens is 2. The van der Waals surface area contributed by atoms with E-state index in [2.05, 4.69) is 15.3 Å². The van der Waals surface area contributed by atoms with Gasteiger partial charge in [0.1, 0.15) is 5.82 Å². The van der Waals surface area contributed by atoms with Gasteiger partial charge < -0.3 is 5.32 Å². The van der Waals surface area contributed by atoms with Crippen LogP contribution >= 0.6 is 0 Å². The summed E-state index contributed by atoms with van der Waals surface area (Å²) in [6, 6.07) is 10.1. The topological polar surface area (TPSA) is 58.1 Å². The van der Waals surface area contributed by atoms with E-state index in [0.29, 0.717) is 24.7 Å². The van der Waals surface area contributed by atoms with Crippen molar-refractivity contribution in [3.05, 3.63) is 47.7 Å². The molecule has 1 N–H and O–H groups in total. The number of amides is 1. The van der Waals surface area contributed by atoms with Crippen LogP contribution in [0.25, 0.3) is 0 Å². The first-order valence-electron chi connectivity index (χ1n) is 6.64. The van der Waals surface area contributed by atoms with Gasteiger partial charge in [-0.1, -0.05) is 30.3 Å². The van der Waals surface area contributed by atoms with E-state index in [1.807, 2.05) is 30.3 Å². The Morgan fingerprint density at radius 3 is 2.85 bits per heavy atom. The average molecular weight is 268 g/mol. The Morgan fingerprint density at radius 2 is 2.05 bits per heavy atom. The summed E-state index contributed by atoms with van der Waals surface area (Å²) >= 11 is 0. The predicted molar refractivity (Wildman–Crippen MR) is 77.5 cm³/mol. The first kappa shape index (κ1) is 12.6. The lowest BCUT2D eigenvalue weighted by molar-refractivity contribution is -0.118. The molecular formula is C15H16N4O. The summed E-state index contributed by atoms with van der Waals surface area (Å²) in [6.07, 6.45) is 3.06. The molecule has 5 heteroatoms. The summed E-state index contributed by atoms with van der Waals surface area (Å²) in [5.74, 6) is 1.37. The third kappa shape index (κ3) is 2.47. The lowest BCUT2D eigenvalue weighted by Gasteiger charge is -2.24. The van der Waals surface area contributed by atoms with E-state index in [1.54, 1.807) is 18.1 Å². The Hall–Kier alpha value is -2.43. The van der Waals surface area contributed by atoms with Crippen LogP contribution in [0.2, 0.25) is 0 Å². The minimum atomic E-state index is 0.102. The number of benzene rings is 1. The van der Waals surface area contributed by atoms with Crippen molar-refractivity contribution >= 4 is 17.7 Å². The fourth-order valence-electron chi connectivity index (χ4n) is 2.25. The number of carbonyl (C=O) groups excluding carboxylic acids is 1. The highest BCUT2D eigenvalue weighted by molar-refractivity contribution is 5.94. The van der Waals surface area contributed by atoms with Gasteiger partial charge in [0.2, 0.25) is 11.9 Å². The number of nitrogens with one attached hydrogen (secondary N) is 1. The fraction of sp³-hybridized carbons (Fsp3) is 0.267. The summed E-state index contributed by atoms with van der Waals surface area (Å²) in [5, 5.41) is 3.19. The third-order valence-electron chi connectivity index (χ3n) is 3.44. The first-order chi connectivity index (χ1) is 9.74. The third-order valence-corrected chi connectivity index (χ3v) is 3.44. The number of carbonyl (C=O) groups is 1. The Bertz CT molecular complexity index is 627. The minimum absolute atomic E-state index is 0.102. The van der Waals surface area contributed by atoms with E-state index < -0.39 is 0 Å². The molecule has 20 heavy (non-hydrogen) atoms. The summed E-state index contributed by atoms with van der Waals surface area (Å²) in [4.78, 5) is 22.0. The number of rotatable bonds is 3. The van der Waals surface area contributed by atoms with Crippen LogP contribution in [0.4, 0.5) is 11.8 Å². The lowest BCUT2D eigenvalue weighted by atomic mass is 10.1. The fourth-order valence-corrected chi connectivity index (χ4v) is 2.25. The molecule has 0 bridgehead atoms. The molecule has 0 spiro atoms. The van der Waals surface area contributed by atoms with Crippen LogP contribution in [0.3, 0.4) is 0 Å². The first-order valence-corrected chi connectivity index (χ1v) is 6.64. The molecule has 1 aliphatic rings. The molecule has 5 nitrogen and oxygen atoms in total. The van der Waals surface area contributed by atoms with Gasteiger partial charge in [0, 0.05) is 31.8 Å². The van der Waals surface area contributed by atoms with E-state index in [9.17, 15) is 4.79 Å². The SMILES string of the molecule is CN1C(=O)CCc2cnc(NCc3ccccc3)nc21. The van der Waals surface area contributed by atoms with Crippen molar-refractivity contribution in [2.24, 2.45) is 0 Å². The van der Waals surface area contributed by atoms with E-state index in [4.69, 9.17) is 0 Å². The van der Waals surface area contributed by atoms with Gasteiger partial charge in [0.25, 0.3) is 0 Å². The van der Waals surface area contributed by atoms with Gasteiger partial charge in [-0.2, -0.15) is 4.98 Å². The Labute approximate surface area is 117 Å². The maximum atomic E-state index is 11.7. The van der Waals surface area contributed by atoms with Crippen LogP contribution in [-0.4, -0.2) is 22.9 Å². The van der Waals surface area contributed by atoms with Gasteiger partial charge >= 0.3 is 0 Å². The Kier molecular flexibility index (Phi) is 3.33. The van der Waals surface area contributed by atoms with Crippen LogP contribution in [-0.2, 0) is 17.8 Å². The van der Waals surface area contributed by atoms with Gasteiger partial charge in [0.05, 0.1) is 0 Å².